The van der Waals surface area contributed by atoms with Crippen LogP contribution in [0.5, 0.6) is 0 Å². The van der Waals surface area contributed by atoms with Crippen LogP contribution in [-0.4, -0.2) is 32.8 Å². The maximum absolute atomic E-state index is 12.0. The molecule has 0 fully saturated rings. The normalized spacial score (nSPS) is 13.8. The molecule has 4 heteroatoms. The summed E-state index contributed by atoms with van der Waals surface area (Å²) in [7, 11) is 1.61. The monoisotopic (exact) mass is 321 g/mol. The van der Waals surface area contributed by atoms with Crippen LogP contribution < -0.4 is 5.32 Å². The largest absolute Gasteiger partial charge is 0.382 e. The molecule has 0 radical (unpaired) electrons. The van der Waals surface area contributed by atoms with E-state index in [0.29, 0.717) is 25.0 Å². The Morgan fingerprint density at radius 1 is 1.09 bits per heavy atom. The first-order valence-corrected chi connectivity index (χ1v) is 8.45. The van der Waals surface area contributed by atoms with Crippen LogP contribution in [-0.2, 0) is 14.3 Å². The molecular weight excluding hydrogens is 290 g/mol. The molecule has 130 valence electrons. The van der Waals surface area contributed by atoms with E-state index in [1.165, 1.54) is 5.56 Å². The van der Waals surface area contributed by atoms with E-state index < -0.39 is 0 Å². The molecule has 23 heavy (non-hydrogen) atoms. The number of hydrogen-bond donors (Lipinski definition) is 1. The fourth-order valence-corrected chi connectivity index (χ4v) is 2.42. The zero-order valence-corrected chi connectivity index (χ0v) is 15.1. The molecule has 4 nitrogen and oxygen atoms in total. The number of rotatable bonds is 10. The van der Waals surface area contributed by atoms with Gasteiger partial charge in [0.2, 0.25) is 5.91 Å². The number of methoxy groups -OCH3 is 1. The van der Waals surface area contributed by atoms with Gasteiger partial charge in [0.25, 0.3) is 0 Å². The summed E-state index contributed by atoms with van der Waals surface area (Å²) in [6.45, 7) is 9.64. The second-order valence-electron chi connectivity index (χ2n) is 6.31. The molecule has 1 N–H and O–H groups in total. The zero-order chi connectivity index (χ0) is 17.2. The topological polar surface area (TPSA) is 47.6 Å². The predicted molar refractivity (Wildman–Crippen MR) is 93.6 cm³/mol. The summed E-state index contributed by atoms with van der Waals surface area (Å²) < 4.78 is 10.2. The van der Waals surface area contributed by atoms with Crippen molar-refractivity contribution >= 4 is 5.91 Å². The summed E-state index contributed by atoms with van der Waals surface area (Å²) in [5, 5.41) is 3.07. The summed E-state index contributed by atoms with van der Waals surface area (Å²) in [6.07, 6.45) is 1.13. The molecular formula is C19H31NO3. The van der Waals surface area contributed by atoms with Gasteiger partial charge < -0.3 is 14.8 Å². The summed E-state index contributed by atoms with van der Waals surface area (Å²) in [4.78, 5) is 12.0. The second-order valence-corrected chi connectivity index (χ2v) is 6.31. The average Bonchev–Trinajstić information content (AvgIpc) is 2.56. The fraction of sp³-hybridized carbons (Fsp3) is 0.632. The van der Waals surface area contributed by atoms with E-state index in [0.717, 1.165) is 12.0 Å². The average molecular weight is 321 g/mol. The van der Waals surface area contributed by atoms with Crippen LogP contribution in [0.1, 0.15) is 57.2 Å². The van der Waals surface area contributed by atoms with Crippen molar-refractivity contribution < 1.29 is 14.3 Å². The van der Waals surface area contributed by atoms with Crippen molar-refractivity contribution in [2.24, 2.45) is 5.92 Å². The smallest absolute Gasteiger partial charge is 0.246 e. The molecule has 2 unspecified atom stereocenters. The molecule has 0 spiro atoms. The number of carbonyl (C=O) groups is 1. The molecule has 0 bridgehead atoms. The van der Waals surface area contributed by atoms with Crippen molar-refractivity contribution in [2.45, 2.75) is 46.1 Å². The van der Waals surface area contributed by atoms with Gasteiger partial charge in [-0.25, -0.2) is 0 Å². The highest BCUT2D eigenvalue weighted by Gasteiger charge is 2.18. The third-order valence-electron chi connectivity index (χ3n) is 4.13. The van der Waals surface area contributed by atoms with Crippen LogP contribution in [0, 0.1) is 5.92 Å². The lowest BCUT2D eigenvalue weighted by Gasteiger charge is -2.23. The van der Waals surface area contributed by atoms with E-state index in [2.05, 4.69) is 57.3 Å². The van der Waals surface area contributed by atoms with Crippen LogP contribution in [0.25, 0.3) is 0 Å². The molecule has 1 amide bonds. The Kier molecular flexibility index (Phi) is 8.89. The van der Waals surface area contributed by atoms with Gasteiger partial charge in [0.1, 0.15) is 6.61 Å². The Morgan fingerprint density at radius 2 is 1.70 bits per heavy atom. The van der Waals surface area contributed by atoms with Crippen molar-refractivity contribution in [2.75, 3.05) is 26.9 Å². The van der Waals surface area contributed by atoms with Crippen molar-refractivity contribution in [3.05, 3.63) is 35.4 Å². The maximum atomic E-state index is 12.0. The first-order chi connectivity index (χ1) is 11.0. The van der Waals surface area contributed by atoms with E-state index in [4.69, 9.17) is 9.47 Å². The van der Waals surface area contributed by atoms with Gasteiger partial charge >= 0.3 is 0 Å². The Bertz CT molecular complexity index is 456. The highest BCUT2D eigenvalue weighted by Crippen LogP contribution is 2.25. The van der Waals surface area contributed by atoms with Crippen molar-refractivity contribution in [3.8, 4) is 0 Å². The lowest BCUT2D eigenvalue weighted by molar-refractivity contribution is -0.127. The van der Waals surface area contributed by atoms with Crippen molar-refractivity contribution in [3.63, 3.8) is 0 Å². The molecule has 2 atom stereocenters. The van der Waals surface area contributed by atoms with E-state index in [1.54, 1.807) is 7.11 Å². The maximum Gasteiger partial charge on any atom is 0.246 e. The van der Waals surface area contributed by atoms with E-state index in [-0.39, 0.29) is 18.6 Å². The minimum Gasteiger partial charge on any atom is -0.382 e. The van der Waals surface area contributed by atoms with Crippen LogP contribution >= 0.6 is 0 Å². The van der Waals surface area contributed by atoms with Crippen LogP contribution in [0.4, 0.5) is 0 Å². The molecule has 1 aromatic rings. The highest BCUT2D eigenvalue weighted by atomic mass is 16.5. The third kappa shape index (κ3) is 6.71. The van der Waals surface area contributed by atoms with Crippen LogP contribution in [0.2, 0.25) is 0 Å². The first-order valence-electron chi connectivity index (χ1n) is 8.45. The van der Waals surface area contributed by atoms with Gasteiger partial charge in [-0.1, -0.05) is 52.0 Å². The Labute approximate surface area is 140 Å². The van der Waals surface area contributed by atoms with Crippen LogP contribution in [0.15, 0.2) is 24.3 Å². The molecule has 0 aliphatic rings. The summed E-state index contributed by atoms with van der Waals surface area (Å²) in [5.74, 6) is 0.781. The number of carbonyl (C=O) groups excluding carboxylic acids is 1. The minimum absolute atomic E-state index is 0.000456. The predicted octanol–water partition coefficient (Wildman–Crippen LogP) is 3.68. The third-order valence-corrected chi connectivity index (χ3v) is 4.13. The second kappa shape index (κ2) is 10.4. The quantitative estimate of drug-likeness (QED) is 0.669. The van der Waals surface area contributed by atoms with Gasteiger partial charge in [0.05, 0.1) is 19.3 Å². The molecule has 0 aliphatic heterocycles. The van der Waals surface area contributed by atoms with Gasteiger partial charge in [-0.2, -0.15) is 0 Å². The van der Waals surface area contributed by atoms with Gasteiger partial charge in [0.15, 0.2) is 0 Å². The number of ether oxygens (including phenoxy) is 2. The first kappa shape index (κ1) is 19.7. The number of amides is 1. The van der Waals surface area contributed by atoms with Gasteiger partial charge in [-0.3, -0.25) is 4.79 Å². The van der Waals surface area contributed by atoms with Gasteiger partial charge in [0, 0.05) is 7.11 Å². The van der Waals surface area contributed by atoms with Crippen LogP contribution in [0.3, 0.4) is 0 Å². The lowest BCUT2D eigenvalue weighted by atomic mass is 9.92. The van der Waals surface area contributed by atoms with Crippen molar-refractivity contribution in [1.82, 2.24) is 5.32 Å². The molecule has 1 rings (SSSR count). The highest BCUT2D eigenvalue weighted by molar-refractivity contribution is 5.77. The molecule has 0 aromatic heterocycles. The molecule has 0 saturated carbocycles. The van der Waals surface area contributed by atoms with Crippen molar-refractivity contribution in [1.29, 1.82) is 0 Å². The minimum atomic E-state index is -0.0918. The van der Waals surface area contributed by atoms with E-state index in [9.17, 15) is 4.79 Å². The summed E-state index contributed by atoms with van der Waals surface area (Å²) in [6, 6.07) is 8.58. The van der Waals surface area contributed by atoms with E-state index in [1.807, 2.05) is 0 Å². The SMILES string of the molecule is CCC(C)c1ccc(C(NC(=O)COCCOC)C(C)C)cc1. The Hall–Kier alpha value is -1.39. The van der Waals surface area contributed by atoms with Gasteiger partial charge in [-0.15, -0.1) is 0 Å². The lowest BCUT2D eigenvalue weighted by Crippen LogP contribution is -2.34. The molecule has 1 aromatic carbocycles. The van der Waals surface area contributed by atoms with E-state index >= 15 is 0 Å². The van der Waals surface area contributed by atoms with Gasteiger partial charge in [-0.05, 0) is 29.4 Å². The molecule has 0 heterocycles. The standard InChI is InChI=1S/C19H31NO3/c1-6-15(4)16-7-9-17(10-8-16)19(14(2)3)20-18(21)13-23-12-11-22-5/h7-10,14-15,19H,6,11-13H2,1-5H3,(H,20,21). The molecule has 0 aliphatic carbocycles. The summed E-state index contributed by atoms with van der Waals surface area (Å²) in [5.41, 5.74) is 2.48. The number of hydrogen-bond acceptors (Lipinski definition) is 3. The number of nitrogens with one attached hydrogen (secondary N) is 1. The zero-order valence-electron chi connectivity index (χ0n) is 15.1. The molecule has 0 saturated heterocycles. The number of benzene rings is 1. The Balaban J connectivity index is 2.65. The summed E-state index contributed by atoms with van der Waals surface area (Å²) >= 11 is 0. The Morgan fingerprint density at radius 3 is 2.22 bits per heavy atom. The fourth-order valence-electron chi connectivity index (χ4n) is 2.42.